The fourth-order valence-electron chi connectivity index (χ4n) is 7.10. The highest BCUT2D eigenvalue weighted by Crippen LogP contribution is 2.38. The first-order valence-corrected chi connectivity index (χ1v) is 28.9. The van der Waals surface area contributed by atoms with Gasteiger partial charge in [-0.1, -0.05) is 201 Å². The minimum absolute atomic E-state index is 0.0365. The van der Waals surface area contributed by atoms with Crippen molar-refractivity contribution in [2.75, 3.05) is 47.5 Å². The second-order valence-electron chi connectivity index (χ2n) is 19.2. The molecule has 69 heavy (non-hydrogen) atoms. The molecule has 0 aromatic rings. The number of esters is 2. The van der Waals surface area contributed by atoms with Gasteiger partial charge in [-0.15, -0.1) is 0 Å². The smallest absolute Gasteiger partial charge is 0.306 e. The molecular weight excluding hydrogens is 882 g/mol. The molecule has 0 aromatic carbocycles. The van der Waals surface area contributed by atoms with Crippen LogP contribution in [0.5, 0.6) is 0 Å². The van der Waals surface area contributed by atoms with Crippen molar-refractivity contribution in [3.8, 4) is 0 Å². The Morgan fingerprint density at radius 2 is 0.826 bits per heavy atom. The molecule has 0 bridgehead atoms. The van der Waals surface area contributed by atoms with Gasteiger partial charge >= 0.3 is 11.9 Å². The van der Waals surface area contributed by atoms with Gasteiger partial charge in [0.1, 0.15) is 19.8 Å². The largest absolute Gasteiger partial charge is 0.756 e. The van der Waals surface area contributed by atoms with E-state index in [1.54, 1.807) is 0 Å². The number of quaternary nitrogens is 1. The Bertz CT molecular complexity index is 1490. The summed E-state index contributed by atoms with van der Waals surface area (Å²) in [7, 11) is 1.15. The van der Waals surface area contributed by atoms with E-state index in [2.05, 4.69) is 111 Å². The van der Waals surface area contributed by atoms with E-state index in [0.717, 1.165) is 109 Å². The Kier molecular flexibility index (Phi) is 47.7. The van der Waals surface area contributed by atoms with Crippen LogP contribution in [0.15, 0.2) is 97.2 Å². The molecule has 0 amide bonds. The van der Waals surface area contributed by atoms with Crippen LogP contribution >= 0.6 is 7.82 Å². The lowest BCUT2D eigenvalue weighted by atomic mass is 10.0. The maximum absolute atomic E-state index is 12.8. The van der Waals surface area contributed by atoms with E-state index in [9.17, 15) is 19.0 Å². The lowest BCUT2D eigenvalue weighted by Gasteiger charge is -2.28. The van der Waals surface area contributed by atoms with Gasteiger partial charge in [0.15, 0.2) is 6.10 Å². The summed E-state index contributed by atoms with van der Waals surface area (Å²) in [6.07, 6.45) is 67.4. The molecule has 9 nitrogen and oxygen atoms in total. The van der Waals surface area contributed by atoms with E-state index in [1.807, 2.05) is 21.1 Å². The van der Waals surface area contributed by atoms with Gasteiger partial charge in [-0.2, -0.15) is 0 Å². The van der Waals surface area contributed by atoms with Gasteiger partial charge < -0.3 is 27.9 Å². The molecule has 0 radical (unpaired) electrons. The highest BCUT2D eigenvalue weighted by molar-refractivity contribution is 7.45. The zero-order valence-corrected chi connectivity index (χ0v) is 45.6. The van der Waals surface area contributed by atoms with E-state index in [0.29, 0.717) is 23.9 Å². The highest BCUT2D eigenvalue weighted by atomic mass is 31.2. The van der Waals surface area contributed by atoms with Crippen LogP contribution in [-0.2, 0) is 32.7 Å². The Balaban J connectivity index is 4.12. The summed E-state index contributed by atoms with van der Waals surface area (Å²) in [5.41, 5.74) is 0. The zero-order valence-electron chi connectivity index (χ0n) is 44.7. The maximum atomic E-state index is 12.8. The topological polar surface area (TPSA) is 111 Å². The molecule has 0 aliphatic rings. The van der Waals surface area contributed by atoms with Crippen LogP contribution in [0.3, 0.4) is 0 Å². The summed E-state index contributed by atoms with van der Waals surface area (Å²) in [6.45, 7) is 4.07. The van der Waals surface area contributed by atoms with Gasteiger partial charge in [0.25, 0.3) is 7.82 Å². The monoisotopic (exact) mass is 984 g/mol. The third kappa shape index (κ3) is 54.1. The lowest BCUT2D eigenvalue weighted by molar-refractivity contribution is -0.870. The van der Waals surface area contributed by atoms with Gasteiger partial charge in [-0.25, -0.2) is 0 Å². The molecule has 0 aromatic heterocycles. The third-order valence-electron chi connectivity index (χ3n) is 11.3. The van der Waals surface area contributed by atoms with E-state index in [1.165, 1.54) is 64.2 Å². The van der Waals surface area contributed by atoms with Crippen molar-refractivity contribution in [1.29, 1.82) is 0 Å². The summed E-state index contributed by atoms with van der Waals surface area (Å²) in [5.74, 6) is -0.852. The fourth-order valence-corrected chi connectivity index (χ4v) is 7.83. The molecule has 0 saturated carbocycles. The molecule has 2 unspecified atom stereocenters. The van der Waals surface area contributed by atoms with Crippen LogP contribution in [0.25, 0.3) is 0 Å². The molecule has 0 spiro atoms. The molecule has 10 heteroatoms. The van der Waals surface area contributed by atoms with Crippen LogP contribution in [0.4, 0.5) is 0 Å². The number of rotatable bonds is 49. The number of allylic oxidation sites excluding steroid dienone is 16. The Morgan fingerprint density at radius 3 is 1.25 bits per heavy atom. The highest BCUT2D eigenvalue weighted by Gasteiger charge is 2.21. The molecule has 0 saturated heterocycles. The second-order valence-corrected chi connectivity index (χ2v) is 20.6. The summed E-state index contributed by atoms with van der Waals surface area (Å²) in [4.78, 5) is 37.7. The quantitative estimate of drug-likeness (QED) is 0.0195. The summed E-state index contributed by atoms with van der Waals surface area (Å²) in [6, 6.07) is 0. The van der Waals surface area contributed by atoms with Crippen LogP contribution in [0.2, 0.25) is 0 Å². The van der Waals surface area contributed by atoms with E-state index < -0.39 is 32.5 Å². The number of hydrogen-bond acceptors (Lipinski definition) is 8. The predicted molar refractivity (Wildman–Crippen MR) is 291 cm³/mol. The molecule has 0 rings (SSSR count). The molecule has 396 valence electrons. The number of nitrogens with zero attached hydrogens (tertiary/aromatic N) is 1. The Morgan fingerprint density at radius 1 is 0.464 bits per heavy atom. The van der Waals surface area contributed by atoms with Gasteiger partial charge in [0.05, 0.1) is 27.7 Å². The average molecular weight is 984 g/mol. The van der Waals surface area contributed by atoms with Crippen molar-refractivity contribution in [3.05, 3.63) is 97.2 Å². The van der Waals surface area contributed by atoms with Crippen molar-refractivity contribution < 1.29 is 42.1 Å². The molecule has 0 N–H and O–H groups in total. The number of unbranched alkanes of at least 4 members (excludes halogenated alkanes) is 19. The summed E-state index contributed by atoms with van der Waals surface area (Å²) in [5, 5.41) is 0. The van der Waals surface area contributed by atoms with Crippen molar-refractivity contribution in [1.82, 2.24) is 0 Å². The normalized spacial score (nSPS) is 14.1. The fraction of sp³-hybridized carbons (Fsp3) is 0.695. The Hall–Kier alpha value is -3.07. The van der Waals surface area contributed by atoms with Crippen molar-refractivity contribution >= 4 is 19.8 Å². The molecule has 0 fully saturated rings. The molecule has 2 atom stereocenters. The van der Waals surface area contributed by atoms with E-state index in [4.69, 9.17) is 18.5 Å². The van der Waals surface area contributed by atoms with E-state index in [-0.39, 0.29) is 26.1 Å². The Labute approximate surface area is 423 Å². The number of phosphoric ester groups is 1. The molecule has 0 heterocycles. The van der Waals surface area contributed by atoms with Gasteiger partial charge in [0.2, 0.25) is 0 Å². The van der Waals surface area contributed by atoms with Crippen LogP contribution in [0.1, 0.15) is 213 Å². The van der Waals surface area contributed by atoms with Gasteiger partial charge in [-0.3, -0.25) is 14.2 Å². The zero-order chi connectivity index (χ0) is 50.6. The van der Waals surface area contributed by atoms with Gasteiger partial charge in [0, 0.05) is 12.8 Å². The number of ether oxygens (including phenoxy) is 2. The average Bonchev–Trinajstić information content (AvgIpc) is 3.31. The molecule has 0 aliphatic carbocycles. The summed E-state index contributed by atoms with van der Waals surface area (Å²) >= 11 is 0. The van der Waals surface area contributed by atoms with Crippen LogP contribution in [0, 0.1) is 0 Å². The molecular formula is C59H102NO8P. The predicted octanol–water partition coefficient (Wildman–Crippen LogP) is 16.2. The molecule has 0 aliphatic heterocycles. The van der Waals surface area contributed by atoms with Crippen LogP contribution in [-0.4, -0.2) is 70.0 Å². The standard InChI is InChI=1S/C59H102NO8P/c1-6-8-10-12-14-16-18-20-21-22-23-24-25-26-27-28-29-30-31-32-33-34-35-36-37-38-39-40-42-44-46-48-50-52-59(62)68-57(56-67-69(63,64)66-54-53-60(3,4)5)55-65-58(61)51-49-47-45-43-41-19-17-15-13-11-9-7-2/h8,10,14-17,20-21,23-24,26-27,29-30,32-33,57H,6-7,9,11-13,18-19,22,25,28,31,34-56H2,1-5H3/b10-8-,16-14-,17-15-,21-20-,24-23-,27-26-,30-29-,33-32-. The van der Waals surface area contributed by atoms with Gasteiger partial charge in [-0.05, 0) is 96.3 Å². The van der Waals surface area contributed by atoms with Crippen molar-refractivity contribution in [2.24, 2.45) is 0 Å². The van der Waals surface area contributed by atoms with Crippen LogP contribution < -0.4 is 4.89 Å². The SMILES string of the molecule is CC/C=C\C/C=C\C/C=C\C/C=C\C/C=C\C/C=C\C/C=C\CCCCCCCCCCCCCC(=O)OC(COC(=O)CCCCCCC/C=C\CCCCC)COP(=O)([O-])OCC[N+](C)(C)C. The number of carbonyl (C=O) groups is 2. The first kappa shape index (κ1) is 65.9. The number of likely N-dealkylation sites (N-methyl/N-ethyl adjacent to an activating group) is 1. The first-order chi connectivity index (χ1) is 33.5. The maximum Gasteiger partial charge on any atom is 0.306 e. The number of phosphoric acid groups is 1. The third-order valence-corrected chi connectivity index (χ3v) is 12.3. The lowest BCUT2D eigenvalue weighted by Crippen LogP contribution is -2.37. The number of carbonyl (C=O) groups excluding carboxylic acids is 2. The summed E-state index contributed by atoms with van der Waals surface area (Å²) < 4.78 is 34.0. The van der Waals surface area contributed by atoms with Crippen molar-refractivity contribution in [2.45, 2.75) is 219 Å². The minimum atomic E-state index is -4.64. The van der Waals surface area contributed by atoms with E-state index >= 15 is 0 Å². The second kappa shape index (κ2) is 49.9. The minimum Gasteiger partial charge on any atom is -0.756 e. The van der Waals surface area contributed by atoms with Crippen molar-refractivity contribution in [3.63, 3.8) is 0 Å². The first-order valence-electron chi connectivity index (χ1n) is 27.4. The number of hydrogen-bond donors (Lipinski definition) is 0.